The second-order valence-electron chi connectivity index (χ2n) is 12.3. The lowest BCUT2D eigenvalue weighted by atomic mass is 10.0. The average molecular weight is 605 g/mol. The molecule has 0 N–H and O–H groups in total. The third-order valence-electron chi connectivity index (χ3n) is 9.73. The molecule has 0 saturated heterocycles. The predicted molar refractivity (Wildman–Crippen MR) is 191 cm³/mol. The van der Waals surface area contributed by atoms with E-state index in [1.165, 1.54) is 21.7 Å². The Kier molecular flexibility index (Phi) is 5.82. The molecule has 0 saturated carbocycles. The highest BCUT2D eigenvalue weighted by atomic mass is 16.3. The fourth-order valence-electron chi connectivity index (χ4n) is 7.70. The Bertz CT molecular complexity index is 2850. The first kappa shape index (κ1) is 27.0. The van der Waals surface area contributed by atoms with E-state index in [1.807, 2.05) is 42.5 Å². The van der Waals surface area contributed by atoms with Gasteiger partial charge in [0.2, 0.25) is 0 Å². The highest BCUT2D eigenvalue weighted by Crippen LogP contribution is 2.41. The van der Waals surface area contributed by atoms with Crippen LogP contribution in [-0.4, -0.2) is 9.13 Å². The molecule has 3 heterocycles. The van der Waals surface area contributed by atoms with Gasteiger partial charge in [-0.05, 0) is 66.1 Å². The highest BCUT2D eigenvalue weighted by molar-refractivity contribution is 6.17. The Morgan fingerprint density at radius 1 is 0.596 bits per heavy atom. The van der Waals surface area contributed by atoms with Crippen LogP contribution in [0, 0.1) is 29.6 Å². The van der Waals surface area contributed by atoms with Crippen molar-refractivity contribution >= 4 is 65.4 Å². The molecule has 6 aromatic carbocycles. The molecule has 0 aliphatic heterocycles. The van der Waals surface area contributed by atoms with Crippen LogP contribution >= 0.6 is 0 Å². The van der Waals surface area contributed by atoms with E-state index in [4.69, 9.17) is 4.42 Å². The van der Waals surface area contributed by atoms with E-state index in [9.17, 15) is 10.5 Å². The van der Waals surface area contributed by atoms with Gasteiger partial charge in [-0.2, -0.15) is 10.5 Å². The Morgan fingerprint density at radius 2 is 1.28 bits per heavy atom. The normalized spacial score (nSPS) is 11.7. The van der Waals surface area contributed by atoms with E-state index < -0.39 is 0 Å². The van der Waals surface area contributed by atoms with Gasteiger partial charge in [0, 0.05) is 38.7 Å². The van der Waals surface area contributed by atoms with Crippen LogP contribution in [0.3, 0.4) is 0 Å². The summed E-state index contributed by atoms with van der Waals surface area (Å²) in [5.41, 5.74) is 9.30. The fourth-order valence-corrected chi connectivity index (χ4v) is 7.70. The SMILES string of the molecule is CCCc1c(C)n(-c2cc(C#N)c(-n3c4ccccc4c4cc5c(cc43)oc3ccccc35)cc2C#N)c2ccc3ccccc3c12. The second kappa shape index (κ2) is 10.1. The van der Waals surface area contributed by atoms with Crippen LogP contribution in [0.25, 0.3) is 76.8 Å². The number of furan rings is 1. The van der Waals surface area contributed by atoms with Gasteiger partial charge in [0.25, 0.3) is 0 Å². The summed E-state index contributed by atoms with van der Waals surface area (Å²) in [6, 6.07) is 42.1. The Labute approximate surface area is 270 Å². The number of hydrogen-bond acceptors (Lipinski definition) is 3. The highest BCUT2D eigenvalue weighted by Gasteiger charge is 2.23. The summed E-state index contributed by atoms with van der Waals surface area (Å²) in [7, 11) is 0. The van der Waals surface area contributed by atoms with E-state index in [2.05, 4.69) is 102 Å². The van der Waals surface area contributed by atoms with E-state index in [0.29, 0.717) is 22.5 Å². The van der Waals surface area contributed by atoms with Gasteiger partial charge >= 0.3 is 0 Å². The first-order valence-corrected chi connectivity index (χ1v) is 16.0. The minimum Gasteiger partial charge on any atom is -0.456 e. The molecule has 222 valence electrons. The Morgan fingerprint density at radius 3 is 2.04 bits per heavy atom. The van der Waals surface area contributed by atoms with Gasteiger partial charge in [0.05, 0.1) is 39.1 Å². The molecule has 3 aromatic heterocycles. The van der Waals surface area contributed by atoms with E-state index >= 15 is 0 Å². The Hall–Kier alpha value is -6.30. The average Bonchev–Trinajstić information content (AvgIpc) is 3.73. The minimum absolute atomic E-state index is 0.491. The third-order valence-corrected chi connectivity index (χ3v) is 9.73. The number of hydrogen-bond donors (Lipinski definition) is 0. The molecule has 5 heteroatoms. The number of nitrogens with zero attached hydrogens (tertiary/aromatic N) is 4. The zero-order valence-electron chi connectivity index (χ0n) is 26.0. The number of aromatic nitrogens is 2. The monoisotopic (exact) mass is 604 g/mol. The zero-order chi connectivity index (χ0) is 31.8. The van der Waals surface area contributed by atoms with Gasteiger partial charge in [-0.1, -0.05) is 80.1 Å². The lowest BCUT2D eigenvalue weighted by Gasteiger charge is -2.16. The van der Waals surface area contributed by atoms with Crippen LogP contribution in [0.15, 0.2) is 114 Å². The molecule has 5 nitrogen and oxygen atoms in total. The van der Waals surface area contributed by atoms with E-state index in [0.717, 1.165) is 67.8 Å². The standard InChI is InChI=1S/C42H28N4O/c1-3-10-29-25(2)45(36-18-17-26-11-4-5-12-30(26)42(29)36)37-19-28(24-44)38(20-27(37)23-43)46-35-15-8-6-13-31(35)33-21-34-32-14-7-9-16-40(32)47-41(34)22-39(33)46/h4-9,11-22H,3,10H2,1-2H3. The van der Waals surface area contributed by atoms with Crippen molar-refractivity contribution in [1.82, 2.24) is 9.13 Å². The van der Waals surface area contributed by atoms with Crippen molar-refractivity contribution in [3.05, 3.63) is 132 Å². The van der Waals surface area contributed by atoms with Gasteiger partial charge in [0.1, 0.15) is 23.3 Å². The van der Waals surface area contributed by atoms with E-state index in [-0.39, 0.29) is 0 Å². The van der Waals surface area contributed by atoms with Crippen LogP contribution in [-0.2, 0) is 6.42 Å². The first-order chi connectivity index (χ1) is 23.1. The van der Waals surface area contributed by atoms with Gasteiger partial charge < -0.3 is 13.6 Å². The lowest BCUT2D eigenvalue weighted by molar-refractivity contribution is 0.669. The summed E-state index contributed by atoms with van der Waals surface area (Å²) in [4.78, 5) is 0. The summed E-state index contributed by atoms with van der Waals surface area (Å²) in [6.07, 6.45) is 1.93. The predicted octanol–water partition coefficient (Wildman–Crippen LogP) is 10.8. The van der Waals surface area contributed by atoms with Crippen LogP contribution in [0.5, 0.6) is 0 Å². The number of benzene rings is 6. The molecule has 0 aliphatic rings. The molecule has 0 amide bonds. The number of fused-ring (bicyclic) bond motifs is 9. The van der Waals surface area contributed by atoms with Crippen molar-refractivity contribution in [2.24, 2.45) is 0 Å². The van der Waals surface area contributed by atoms with Gasteiger partial charge in [-0.15, -0.1) is 0 Å². The van der Waals surface area contributed by atoms with Crippen molar-refractivity contribution in [2.45, 2.75) is 26.7 Å². The van der Waals surface area contributed by atoms with Gasteiger partial charge in [-0.3, -0.25) is 0 Å². The topological polar surface area (TPSA) is 70.6 Å². The summed E-state index contributed by atoms with van der Waals surface area (Å²) in [5, 5.41) is 29.3. The lowest BCUT2D eigenvalue weighted by Crippen LogP contribution is -2.05. The number of aryl methyl sites for hydroxylation is 1. The third kappa shape index (κ3) is 3.75. The van der Waals surface area contributed by atoms with Crippen molar-refractivity contribution < 1.29 is 4.42 Å². The van der Waals surface area contributed by atoms with Gasteiger partial charge in [0.15, 0.2) is 0 Å². The Balaban J connectivity index is 1.35. The maximum absolute atomic E-state index is 10.7. The molecular formula is C42H28N4O. The van der Waals surface area contributed by atoms with Crippen LogP contribution in [0.1, 0.15) is 35.7 Å². The molecule has 0 radical (unpaired) electrons. The molecule has 0 fully saturated rings. The first-order valence-electron chi connectivity index (χ1n) is 16.0. The van der Waals surface area contributed by atoms with Crippen molar-refractivity contribution in [3.8, 4) is 23.5 Å². The number of para-hydroxylation sites is 2. The molecule has 47 heavy (non-hydrogen) atoms. The van der Waals surface area contributed by atoms with Crippen molar-refractivity contribution in [2.75, 3.05) is 0 Å². The summed E-state index contributed by atoms with van der Waals surface area (Å²) >= 11 is 0. The van der Waals surface area contributed by atoms with Crippen molar-refractivity contribution in [1.29, 1.82) is 10.5 Å². The fraction of sp³-hybridized carbons (Fsp3) is 0.0952. The summed E-state index contributed by atoms with van der Waals surface area (Å²) < 4.78 is 10.6. The summed E-state index contributed by atoms with van der Waals surface area (Å²) in [5.74, 6) is 0. The minimum atomic E-state index is 0.491. The molecular weight excluding hydrogens is 576 g/mol. The molecule has 0 aliphatic carbocycles. The largest absolute Gasteiger partial charge is 0.456 e. The van der Waals surface area contributed by atoms with E-state index in [1.54, 1.807) is 0 Å². The maximum Gasteiger partial charge on any atom is 0.137 e. The molecule has 9 rings (SSSR count). The molecule has 0 unspecified atom stereocenters. The number of nitriles is 2. The molecule has 0 atom stereocenters. The molecule has 9 aromatic rings. The smallest absolute Gasteiger partial charge is 0.137 e. The van der Waals surface area contributed by atoms with Crippen molar-refractivity contribution in [3.63, 3.8) is 0 Å². The van der Waals surface area contributed by atoms with Crippen LogP contribution < -0.4 is 0 Å². The van der Waals surface area contributed by atoms with Crippen LogP contribution in [0.4, 0.5) is 0 Å². The van der Waals surface area contributed by atoms with Crippen LogP contribution in [0.2, 0.25) is 0 Å². The molecule has 0 bridgehead atoms. The maximum atomic E-state index is 10.7. The molecule has 0 spiro atoms. The quantitative estimate of drug-likeness (QED) is 0.201. The summed E-state index contributed by atoms with van der Waals surface area (Å²) in [6.45, 7) is 4.33. The van der Waals surface area contributed by atoms with Gasteiger partial charge in [-0.25, -0.2) is 0 Å². The second-order valence-corrected chi connectivity index (χ2v) is 12.3. The number of rotatable bonds is 4. The zero-order valence-corrected chi connectivity index (χ0v) is 26.0.